The van der Waals surface area contributed by atoms with Crippen LogP contribution in [0.1, 0.15) is 37.7 Å². The van der Waals surface area contributed by atoms with Crippen LogP contribution in [0.4, 0.5) is 0 Å². The van der Waals surface area contributed by atoms with E-state index in [4.69, 9.17) is 0 Å². The average Bonchev–Trinajstić information content (AvgIpc) is 2.61. The Hall–Kier alpha value is -1.16. The molecule has 0 unspecified atom stereocenters. The van der Waals surface area contributed by atoms with Crippen LogP contribution < -0.4 is 5.32 Å². The van der Waals surface area contributed by atoms with E-state index in [9.17, 15) is 5.11 Å². The Morgan fingerprint density at radius 2 is 2.00 bits per heavy atom. The molecular formula is C21H32N2O. The van der Waals surface area contributed by atoms with Gasteiger partial charge in [0.2, 0.25) is 0 Å². The van der Waals surface area contributed by atoms with E-state index < -0.39 is 5.60 Å². The second kappa shape index (κ2) is 7.81. The predicted octanol–water partition coefficient (Wildman–Crippen LogP) is 3.16. The lowest BCUT2D eigenvalue weighted by Crippen LogP contribution is -2.48. The van der Waals surface area contributed by atoms with Gasteiger partial charge in [0.25, 0.3) is 0 Å². The van der Waals surface area contributed by atoms with Gasteiger partial charge in [0, 0.05) is 12.5 Å². The highest BCUT2D eigenvalue weighted by atomic mass is 16.3. The van der Waals surface area contributed by atoms with Gasteiger partial charge in [-0.15, -0.1) is 0 Å². The molecule has 3 aliphatic rings. The van der Waals surface area contributed by atoms with Crippen LogP contribution in [0.25, 0.3) is 5.57 Å². The molecule has 3 aliphatic carbocycles. The van der Waals surface area contributed by atoms with E-state index in [1.807, 2.05) is 7.05 Å². The van der Waals surface area contributed by atoms with Crippen LogP contribution in [-0.2, 0) is 0 Å². The number of allylic oxidation sites excluding steroid dienone is 1. The molecule has 0 aliphatic heterocycles. The summed E-state index contributed by atoms with van der Waals surface area (Å²) in [5.41, 5.74) is 2.32. The summed E-state index contributed by atoms with van der Waals surface area (Å²) in [6, 6.07) is 10.7. The molecule has 0 amide bonds. The summed E-state index contributed by atoms with van der Waals surface area (Å²) < 4.78 is 0. The lowest BCUT2D eigenvalue weighted by atomic mass is 9.61. The van der Waals surface area contributed by atoms with Crippen molar-refractivity contribution in [2.75, 3.05) is 33.7 Å². The Balaban J connectivity index is 1.61. The molecule has 3 nitrogen and oxygen atoms in total. The number of nitrogens with one attached hydrogen (secondary N) is 1. The zero-order chi connectivity index (χ0) is 17.0. The molecule has 1 fully saturated rings. The van der Waals surface area contributed by atoms with Gasteiger partial charge in [-0.25, -0.2) is 0 Å². The maximum Gasteiger partial charge on any atom is 0.0728 e. The first-order valence-corrected chi connectivity index (χ1v) is 9.45. The van der Waals surface area contributed by atoms with E-state index in [1.54, 1.807) is 0 Å². The van der Waals surface area contributed by atoms with Gasteiger partial charge in [0.05, 0.1) is 5.60 Å². The first-order chi connectivity index (χ1) is 11.6. The average molecular weight is 328 g/mol. The van der Waals surface area contributed by atoms with Crippen LogP contribution >= 0.6 is 0 Å². The number of fused-ring (bicyclic) bond motifs is 2. The van der Waals surface area contributed by atoms with Crippen LogP contribution in [0.2, 0.25) is 0 Å². The third kappa shape index (κ3) is 3.90. The summed E-state index contributed by atoms with van der Waals surface area (Å²) in [5.74, 6) is 0.848. The largest absolute Gasteiger partial charge is 0.389 e. The minimum absolute atomic E-state index is 0.323. The highest BCUT2D eigenvalue weighted by Crippen LogP contribution is 2.50. The normalized spacial score (nSPS) is 29.1. The molecule has 24 heavy (non-hydrogen) atoms. The first kappa shape index (κ1) is 17.7. The highest BCUT2D eigenvalue weighted by molar-refractivity contribution is 5.69. The molecule has 3 heteroatoms. The molecule has 2 N–H and O–H groups in total. The fourth-order valence-corrected chi connectivity index (χ4v) is 4.46. The maximum atomic E-state index is 11.3. The lowest BCUT2D eigenvalue weighted by Gasteiger charge is -2.48. The van der Waals surface area contributed by atoms with Gasteiger partial charge in [-0.1, -0.05) is 36.4 Å². The molecule has 1 saturated carbocycles. The molecule has 2 bridgehead atoms. The zero-order valence-electron chi connectivity index (χ0n) is 15.2. The van der Waals surface area contributed by atoms with Crippen molar-refractivity contribution in [1.29, 1.82) is 0 Å². The highest BCUT2D eigenvalue weighted by Gasteiger charge is 2.46. The van der Waals surface area contributed by atoms with Crippen LogP contribution in [0.3, 0.4) is 0 Å². The Kier molecular flexibility index (Phi) is 5.75. The molecule has 0 spiro atoms. The van der Waals surface area contributed by atoms with Gasteiger partial charge < -0.3 is 15.3 Å². The smallest absolute Gasteiger partial charge is 0.0728 e. The second-order valence-corrected chi connectivity index (χ2v) is 7.69. The number of nitrogens with zero attached hydrogens (tertiary/aromatic N) is 1. The standard InChI is InChI=1S/C21H32N2O/c1-22-12-6-13-23(2)14-11-21(24)16-18-9-10-19(21)15-20(18)17-7-4-3-5-8-17/h3-5,7-8,15,18-19,22,24H,6,9-14,16H2,1-2H3/t18-,19-,21+/m1/s1. The van der Waals surface area contributed by atoms with Crippen LogP contribution in [-0.4, -0.2) is 49.3 Å². The summed E-state index contributed by atoms with van der Waals surface area (Å²) in [6.07, 6.45) is 7.74. The Labute approximate surface area is 146 Å². The van der Waals surface area contributed by atoms with Crippen LogP contribution in [0.15, 0.2) is 36.4 Å². The number of hydrogen-bond acceptors (Lipinski definition) is 3. The minimum Gasteiger partial charge on any atom is -0.389 e. The monoisotopic (exact) mass is 328 g/mol. The lowest BCUT2D eigenvalue weighted by molar-refractivity contribution is -0.0574. The molecule has 1 aromatic carbocycles. The summed E-state index contributed by atoms with van der Waals surface area (Å²) in [6.45, 7) is 3.14. The van der Waals surface area contributed by atoms with E-state index in [1.165, 1.54) is 17.6 Å². The van der Waals surface area contributed by atoms with E-state index in [0.29, 0.717) is 11.8 Å². The summed E-state index contributed by atoms with van der Waals surface area (Å²) in [4.78, 5) is 2.36. The van der Waals surface area contributed by atoms with Crippen molar-refractivity contribution in [2.24, 2.45) is 11.8 Å². The summed E-state index contributed by atoms with van der Waals surface area (Å²) >= 11 is 0. The third-order valence-corrected chi connectivity index (χ3v) is 5.94. The van der Waals surface area contributed by atoms with Gasteiger partial charge in [0.1, 0.15) is 0 Å². The van der Waals surface area contributed by atoms with Gasteiger partial charge in [-0.05, 0) is 76.3 Å². The molecule has 4 rings (SSSR count). The molecular weight excluding hydrogens is 296 g/mol. The molecule has 132 valence electrons. The van der Waals surface area contributed by atoms with Crippen molar-refractivity contribution in [3.8, 4) is 0 Å². The molecule has 0 saturated heterocycles. The van der Waals surface area contributed by atoms with Crippen molar-refractivity contribution < 1.29 is 5.11 Å². The van der Waals surface area contributed by atoms with Crippen molar-refractivity contribution >= 4 is 5.57 Å². The fraction of sp³-hybridized carbons (Fsp3) is 0.619. The Morgan fingerprint density at radius 3 is 2.67 bits per heavy atom. The van der Waals surface area contributed by atoms with Gasteiger partial charge in [0.15, 0.2) is 0 Å². The summed E-state index contributed by atoms with van der Waals surface area (Å²) in [7, 11) is 4.17. The first-order valence-electron chi connectivity index (χ1n) is 9.45. The molecule has 0 radical (unpaired) electrons. The number of benzene rings is 1. The summed E-state index contributed by atoms with van der Waals surface area (Å²) in [5, 5.41) is 14.5. The quantitative estimate of drug-likeness (QED) is 0.720. The maximum absolute atomic E-state index is 11.3. The van der Waals surface area contributed by atoms with Gasteiger partial charge >= 0.3 is 0 Å². The van der Waals surface area contributed by atoms with E-state index in [0.717, 1.165) is 45.3 Å². The predicted molar refractivity (Wildman–Crippen MR) is 101 cm³/mol. The SMILES string of the molecule is CNCCCN(C)CC[C@]1(O)C[C@H]2CC[C@@H]1C=C2c1ccccc1. The van der Waals surface area contributed by atoms with E-state index in [2.05, 4.69) is 53.7 Å². The second-order valence-electron chi connectivity index (χ2n) is 7.69. The van der Waals surface area contributed by atoms with Crippen molar-refractivity contribution in [1.82, 2.24) is 10.2 Å². The molecule has 1 aromatic rings. The van der Waals surface area contributed by atoms with Crippen molar-refractivity contribution in [3.63, 3.8) is 0 Å². The van der Waals surface area contributed by atoms with E-state index in [-0.39, 0.29) is 0 Å². The number of aliphatic hydroxyl groups is 1. The van der Waals surface area contributed by atoms with Crippen molar-refractivity contribution in [3.05, 3.63) is 42.0 Å². The zero-order valence-corrected chi connectivity index (χ0v) is 15.2. The number of hydrogen-bond donors (Lipinski definition) is 2. The van der Waals surface area contributed by atoms with Crippen LogP contribution in [0.5, 0.6) is 0 Å². The van der Waals surface area contributed by atoms with Gasteiger partial charge in [-0.2, -0.15) is 0 Å². The van der Waals surface area contributed by atoms with Gasteiger partial charge in [-0.3, -0.25) is 0 Å². The molecule has 0 heterocycles. The van der Waals surface area contributed by atoms with E-state index >= 15 is 0 Å². The van der Waals surface area contributed by atoms with Crippen LogP contribution in [0, 0.1) is 11.8 Å². The Morgan fingerprint density at radius 1 is 1.21 bits per heavy atom. The topological polar surface area (TPSA) is 35.5 Å². The molecule has 3 atom stereocenters. The third-order valence-electron chi connectivity index (χ3n) is 5.94. The minimum atomic E-state index is -0.502. The number of rotatable bonds is 8. The fourth-order valence-electron chi connectivity index (χ4n) is 4.46. The molecule has 0 aromatic heterocycles. The van der Waals surface area contributed by atoms with Crippen molar-refractivity contribution in [2.45, 2.75) is 37.7 Å². The Bertz CT molecular complexity index is 556.